The first-order valence-electron chi connectivity index (χ1n) is 19.1. The van der Waals surface area contributed by atoms with Gasteiger partial charge in [0.2, 0.25) is 15.9 Å². The lowest BCUT2D eigenvalue weighted by molar-refractivity contribution is -0.264. The number of rotatable bonds is 14. The molecule has 0 spiro atoms. The molecule has 0 aliphatic carbocycles. The van der Waals surface area contributed by atoms with E-state index >= 15 is 0 Å². The first-order chi connectivity index (χ1) is 27.2. The molecule has 2 saturated heterocycles. The fourth-order valence-electron chi connectivity index (χ4n) is 7.74. The number of anilines is 1. The van der Waals surface area contributed by atoms with Crippen LogP contribution in [0.25, 0.3) is 0 Å². The predicted molar refractivity (Wildman–Crippen MR) is 215 cm³/mol. The average Bonchev–Trinajstić information content (AvgIpc) is 3.68. The van der Waals surface area contributed by atoms with Gasteiger partial charge in [-0.3, -0.25) is 9.69 Å². The van der Waals surface area contributed by atoms with Gasteiger partial charge < -0.3 is 25.0 Å². The van der Waals surface area contributed by atoms with E-state index in [1.807, 2.05) is 91.9 Å². The third-order valence-corrected chi connectivity index (χ3v) is 12.2. The smallest absolute Gasteiger partial charge is 0.242 e. The van der Waals surface area contributed by atoms with Gasteiger partial charge in [-0.1, -0.05) is 115 Å². The molecule has 5 aromatic carbocycles. The number of ether oxygens (including phenoxy) is 2. The van der Waals surface area contributed by atoms with Crippen molar-refractivity contribution in [2.75, 3.05) is 25.0 Å². The predicted octanol–water partition coefficient (Wildman–Crippen LogP) is 6.41. The van der Waals surface area contributed by atoms with E-state index in [1.54, 1.807) is 24.3 Å². The molecule has 0 radical (unpaired) electrons. The summed E-state index contributed by atoms with van der Waals surface area (Å²) < 4.78 is 43.5. The summed E-state index contributed by atoms with van der Waals surface area (Å²) in [4.78, 5) is 16.4. The van der Waals surface area contributed by atoms with E-state index in [-0.39, 0.29) is 42.6 Å². The number of carbonyl (C=O) groups is 1. The number of hydrogen-bond acceptors (Lipinski definition) is 8. The summed E-state index contributed by atoms with van der Waals surface area (Å²) in [6, 6.07) is 39.9. The standard InChI is InChI=1S/C45H49N3O7S/c1-31-17-23-39(24-18-31)56(52,53)47-40(26-32-10-4-2-5-11-32)44(51)46-37-15-8-14-36(27-37)45-54-41(28-48-25-9-16-38(48)30-50)42(34-12-6-3-7-13-34)43(55-45)35-21-19-33(29-49)20-22-35/h2-8,10-15,17-24,27,38,40-43,45,47,49-50H,9,16,25-26,28-30H2,1H3,(H,46,51)/t38-,40+,41+,42+,43-,45?/m0/s1. The minimum absolute atomic E-state index is 0.0457. The van der Waals surface area contributed by atoms with Gasteiger partial charge in [0, 0.05) is 29.8 Å². The number of nitrogens with one attached hydrogen (secondary N) is 2. The van der Waals surface area contributed by atoms with Crippen LogP contribution in [0.5, 0.6) is 0 Å². The zero-order chi connectivity index (χ0) is 39.1. The van der Waals surface area contributed by atoms with Crippen LogP contribution in [-0.2, 0) is 37.3 Å². The number of aliphatic hydroxyl groups excluding tert-OH is 2. The van der Waals surface area contributed by atoms with Crippen LogP contribution < -0.4 is 10.0 Å². The van der Waals surface area contributed by atoms with Gasteiger partial charge in [0.1, 0.15) is 6.04 Å². The second-order valence-corrected chi connectivity index (χ2v) is 16.4. The molecular formula is C45H49N3O7S. The van der Waals surface area contributed by atoms with Crippen LogP contribution in [0.2, 0.25) is 0 Å². The summed E-state index contributed by atoms with van der Waals surface area (Å²) >= 11 is 0. The molecule has 0 aromatic heterocycles. The summed E-state index contributed by atoms with van der Waals surface area (Å²) in [6.45, 7) is 3.31. The summed E-state index contributed by atoms with van der Waals surface area (Å²) in [6.07, 6.45) is 0.448. The number of nitrogens with zero attached hydrogens (tertiary/aromatic N) is 1. The molecule has 0 saturated carbocycles. The normalized spacial score (nSPS) is 22.1. The number of amides is 1. The van der Waals surface area contributed by atoms with Crippen molar-refractivity contribution in [3.63, 3.8) is 0 Å². The molecule has 11 heteroatoms. The molecule has 292 valence electrons. The fourth-order valence-corrected chi connectivity index (χ4v) is 8.94. The van der Waals surface area contributed by atoms with Crippen molar-refractivity contribution in [2.24, 2.45) is 0 Å². The van der Waals surface area contributed by atoms with Gasteiger partial charge >= 0.3 is 0 Å². The number of likely N-dealkylation sites (tertiary alicyclic amines) is 1. The van der Waals surface area contributed by atoms with Crippen molar-refractivity contribution in [3.8, 4) is 0 Å². The lowest BCUT2D eigenvalue weighted by atomic mass is 9.83. The highest BCUT2D eigenvalue weighted by Gasteiger charge is 2.43. The van der Waals surface area contributed by atoms with E-state index in [4.69, 9.17) is 9.47 Å². The Morgan fingerprint density at radius 3 is 2.20 bits per heavy atom. The van der Waals surface area contributed by atoms with Gasteiger partial charge in [-0.15, -0.1) is 0 Å². The topological polar surface area (TPSA) is 137 Å². The molecule has 2 fully saturated rings. The SMILES string of the molecule is Cc1ccc(S(=O)(=O)N[C@H](Cc2ccccc2)C(=O)Nc2cccc(C3O[C@H](CN4CCC[C@H]4CO)[C@@H](c4ccccc4)[C@H](c4ccc(CO)cc4)O3)c2)cc1. The Morgan fingerprint density at radius 1 is 0.804 bits per heavy atom. The Morgan fingerprint density at radius 2 is 1.50 bits per heavy atom. The van der Waals surface area contributed by atoms with Crippen LogP contribution in [-0.4, -0.2) is 67.3 Å². The van der Waals surface area contributed by atoms with Crippen molar-refractivity contribution in [1.29, 1.82) is 0 Å². The van der Waals surface area contributed by atoms with Crippen LogP contribution in [0.15, 0.2) is 138 Å². The highest BCUT2D eigenvalue weighted by Crippen LogP contribution is 2.47. The molecule has 10 nitrogen and oxygen atoms in total. The maximum atomic E-state index is 14.0. The maximum Gasteiger partial charge on any atom is 0.242 e. The van der Waals surface area contributed by atoms with E-state index in [0.29, 0.717) is 17.8 Å². The van der Waals surface area contributed by atoms with Gasteiger partial charge in [-0.05, 0) is 79.3 Å². The molecule has 5 aromatic rings. The summed E-state index contributed by atoms with van der Waals surface area (Å²) in [5.74, 6) is -0.712. The quantitative estimate of drug-likeness (QED) is 0.102. The summed E-state index contributed by atoms with van der Waals surface area (Å²) in [5.41, 5.74) is 5.65. The number of carbonyl (C=O) groups excluding carboxylic acids is 1. The molecule has 2 heterocycles. The Kier molecular flexibility index (Phi) is 12.7. The molecule has 6 atom stereocenters. The molecule has 1 unspecified atom stereocenters. The van der Waals surface area contributed by atoms with Crippen LogP contribution >= 0.6 is 0 Å². The van der Waals surface area contributed by atoms with Gasteiger partial charge in [0.25, 0.3) is 0 Å². The van der Waals surface area contributed by atoms with Crippen LogP contribution in [0.1, 0.15) is 64.5 Å². The van der Waals surface area contributed by atoms with E-state index in [1.165, 1.54) is 12.1 Å². The van der Waals surface area contributed by atoms with Crippen molar-refractivity contribution < 1.29 is 32.9 Å². The zero-order valence-electron chi connectivity index (χ0n) is 31.4. The first-order valence-corrected chi connectivity index (χ1v) is 20.6. The van der Waals surface area contributed by atoms with Crippen LogP contribution in [0.3, 0.4) is 0 Å². The number of benzene rings is 5. The Balaban J connectivity index is 1.19. The zero-order valence-corrected chi connectivity index (χ0v) is 32.2. The summed E-state index contributed by atoms with van der Waals surface area (Å²) in [5, 5.41) is 23.0. The highest BCUT2D eigenvalue weighted by molar-refractivity contribution is 7.89. The Bertz CT molecular complexity index is 2150. The Labute approximate surface area is 329 Å². The minimum atomic E-state index is -4.03. The van der Waals surface area contributed by atoms with Crippen molar-refractivity contribution in [3.05, 3.63) is 167 Å². The van der Waals surface area contributed by atoms with Crippen molar-refractivity contribution >= 4 is 21.6 Å². The molecule has 7 rings (SSSR count). The molecule has 4 N–H and O–H groups in total. The maximum absolute atomic E-state index is 14.0. The lowest BCUT2D eigenvalue weighted by Gasteiger charge is -2.44. The van der Waals surface area contributed by atoms with Crippen LogP contribution in [0, 0.1) is 6.92 Å². The average molecular weight is 776 g/mol. The third kappa shape index (κ3) is 9.45. The van der Waals surface area contributed by atoms with Crippen LogP contribution in [0.4, 0.5) is 5.69 Å². The van der Waals surface area contributed by atoms with Gasteiger partial charge in [0.05, 0.1) is 30.3 Å². The van der Waals surface area contributed by atoms with Crippen molar-refractivity contribution in [2.45, 2.75) is 74.2 Å². The van der Waals surface area contributed by atoms with Crippen molar-refractivity contribution in [1.82, 2.24) is 9.62 Å². The first kappa shape index (κ1) is 39.5. The molecular weight excluding hydrogens is 727 g/mol. The molecule has 1 amide bonds. The van der Waals surface area contributed by atoms with E-state index < -0.39 is 34.4 Å². The number of sulfonamides is 1. The Hall–Kier alpha value is -4.72. The largest absolute Gasteiger partial charge is 0.395 e. The lowest BCUT2D eigenvalue weighted by Crippen LogP contribution is -2.46. The van der Waals surface area contributed by atoms with Gasteiger partial charge in [-0.25, -0.2) is 8.42 Å². The summed E-state index contributed by atoms with van der Waals surface area (Å²) in [7, 11) is -4.03. The second kappa shape index (κ2) is 18.0. The van der Waals surface area contributed by atoms with Gasteiger partial charge in [0.15, 0.2) is 6.29 Å². The van der Waals surface area contributed by atoms with E-state index in [0.717, 1.165) is 47.2 Å². The molecule has 2 aliphatic heterocycles. The number of aryl methyl sites for hydroxylation is 1. The van der Waals surface area contributed by atoms with E-state index in [2.05, 4.69) is 27.1 Å². The van der Waals surface area contributed by atoms with E-state index in [9.17, 15) is 23.4 Å². The fraction of sp³-hybridized carbons (Fsp3) is 0.311. The molecule has 0 bridgehead atoms. The van der Waals surface area contributed by atoms with Gasteiger partial charge in [-0.2, -0.15) is 4.72 Å². The number of hydrogen-bond donors (Lipinski definition) is 4. The molecule has 2 aliphatic rings. The highest BCUT2D eigenvalue weighted by atomic mass is 32.2. The second-order valence-electron chi connectivity index (χ2n) is 14.7. The molecule has 56 heavy (non-hydrogen) atoms. The third-order valence-electron chi connectivity index (χ3n) is 10.7. The monoisotopic (exact) mass is 775 g/mol. The minimum Gasteiger partial charge on any atom is -0.395 e. The number of aliphatic hydroxyl groups is 2.